The number of halogens is 1. The first-order valence-electron chi connectivity index (χ1n) is 12.3. The van der Waals surface area contributed by atoms with E-state index in [-0.39, 0.29) is 30.9 Å². The van der Waals surface area contributed by atoms with Gasteiger partial charge in [-0.05, 0) is 45.0 Å². The summed E-state index contributed by atoms with van der Waals surface area (Å²) in [6.07, 6.45) is 2.32. The number of carbonyl (C=O) groups excluding carboxylic acids is 3. The number of esters is 1. The van der Waals surface area contributed by atoms with Gasteiger partial charge >= 0.3 is 12.1 Å². The fourth-order valence-electron chi connectivity index (χ4n) is 3.57. The van der Waals surface area contributed by atoms with Crippen molar-refractivity contribution in [1.82, 2.24) is 25.2 Å². The molecule has 40 heavy (non-hydrogen) atoms. The van der Waals surface area contributed by atoms with Crippen molar-refractivity contribution in [2.45, 2.75) is 39.0 Å². The van der Waals surface area contributed by atoms with Crippen LogP contribution in [0.3, 0.4) is 0 Å². The number of aliphatic hydroxyl groups is 1. The molecule has 216 valence electrons. The maximum atomic E-state index is 14.1. The van der Waals surface area contributed by atoms with Crippen molar-refractivity contribution in [3.05, 3.63) is 53.6 Å². The maximum absolute atomic E-state index is 14.1. The number of amides is 2. The Morgan fingerprint density at radius 2 is 1.98 bits per heavy atom. The Labute approximate surface area is 230 Å². The Morgan fingerprint density at radius 3 is 2.65 bits per heavy atom. The highest BCUT2D eigenvalue weighted by Crippen LogP contribution is 2.24. The minimum absolute atomic E-state index is 0.0740. The predicted molar refractivity (Wildman–Crippen MR) is 142 cm³/mol. The molecular weight excluding hydrogens is 527 g/mol. The summed E-state index contributed by atoms with van der Waals surface area (Å²) in [6, 6.07) is 4.53. The zero-order valence-electron chi connectivity index (χ0n) is 22.9. The summed E-state index contributed by atoms with van der Waals surface area (Å²) in [5.74, 6) is -1.06. The van der Waals surface area contributed by atoms with Crippen LogP contribution in [0.15, 0.2) is 36.7 Å². The van der Waals surface area contributed by atoms with Crippen LogP contribution in [0.2, 0.25) is 0 Å². The van der Waals surface area contributed by atoms with E-state index in [1.807, 2.05) is 0 Å². The number of aliphatic hydroxyl groups excluding tert-OH is 1. The largest absolute Gasteiger partial charge is 0.491 e. The van der Waals surface area contributed by atoms with Gasteiger partial charge in [-0.15, -0.1) is 0 Å². The smallest absolute Gasteiger partial charge is 0.407 e. The van der Waals surface area contributed by atoms with Crippen molar-refractivity contribution in [2.75, 3.05) is 38.8 Å². The predicted octanol–water partition coefficient (Wildman–Crippen LogP) is 1.67. The lowest BCUT2D eigenvalue weighted by Gasteiger charge is -2.21. The molecule has 0 radical (unpaired) electrons. The number of alkyl carbamates (subject to hydrolysis) is 1. The van der Waals surface area contributed by atoms with Gasteiger partial charge in [0, 0.05) is 25.4 Å². The molecule has 0 saturated carbocycles. The zero-order chi connectivity index (χ0) is 29.4. The number of rotatable bonds is 11. The lowest BCUT2D eigenvalue weighted by molar-refractivity contribution is -0.143. The van der Waals surface area contributed by atoms with Crippen LogP contribution < -0.4 is 20.3 Å². The highest BCUT2D eigenvalue weighted by Gasteiger charge is 2.24. The molecule has 3 N–H and O–H groups in total. The van der Waals surface area contributed by atoms with E-state index in [9.17, 15) is 23.9 Å². The second kappa shape index (κ2) is 13.1. The van der Waals surface area contributed by atoms with Crippen LogP contribution in [0, 0.1) is 5.82 Å². The Hall–Kier alpha value is -4.46. The SMILES string of the molecule is COC(=O)C(CO)NC(=O)c1cnn2ccc(N(C)Cc3cc(F)ccc3OCCNC(=O)OC(C)(C)C)nc12. The first-order valence-corrected chi connectivity index (χ1v) is 12.3. The average molecular weight is 561 g/mol. The molecule has 0 aliphatic heterocycles. The summed E-state index contributed by atoms with van der Waals surface area (Å²) in [5, 5.41) is 18.5. The van der Waals surface area contributed by atoms with Crippen molar-refractivity contribution < 1.29 is 38.1 Å². The summed E-state index contributed by atoms with van der Waals surface area (Å²) in [5.41, 5.74) is 0.178. The highest BCUT2D eigenvalue weighted by molar-refractivity contribution is 6.01. The van der Waals surface area contributed by atoms with Gasteiger partial charge in [-0.2, -0.15) is 5.10 Å². The second-order valence-corrected chi connectivity index (χ2v) is 9.73. The summed E-state index contributed by atoms with van der Waals surface area (Å²) < 4.78 is 31.0. The van der Waals surface area contributed by atoms with Gasteiger partial charge in [-0.3, -0.25) is 4.79 Å². The van der Waals surface area contributed by atoms with E-state index < -0.39 is 42.0 Å². The average Bonchev–Trinajstić information content (AvgIpc) is 3.32. The van der Waals surface area contributed by atoms with Gasteiger partial charge in [0.1, 0.15) is 35.2 Å². The third-order valence-corrected chi connectivity index (χ3v) is 5.42. The van der Waals surface area contributed by atoms with Crippen LogP contribution in [0.1, 0.15) is 36.7 Å². The molecule has 1 unspecified atom stereocenters. The zero-order valence-corrected chi connectivity index (χ0v) is 22.9. The fourth-order valence-corrected chi connectivity index (χ4v) is 3.57. The number of fused-ring (bicyclic) bond motifs is 1. The number of aromatic nitrogens is 3. The van der Waals surface area contributed by atoms with Gasteiger partial charge in [0.25, 0.3) is 5.91 Å². The van der Waals surface area contributed by atoms with E-state index in [1.54, 1.807) is 45.0 Å². The second-order valence-electron chi connectivity index (χ2n) is 9.73. The highest BCUT2D eigenvalue weighted by atomic mass is 19.1. The van der Waals surface area contributed by atoms with Gasteiger partial charge in [0.05, 0.1) is 26.5 Å². The molecule has 0 aliphatic carbocycles. The number of nitrogens with one attached hydrogen (secondary N) is 2. The molecule has 13 nitrogen and oxygen atoms in total. The molecule has 3 rings (SSSR count). The molecule has 0 saturated heterocycles. The minimum Gasteiger partial charge on any atom is -0.491 e. The molecule has 0 spiro atoms. The van der Waals surface area contributed by atoms with E-state index >= 15 is 0 Å². The number of methoxy groups -OCH3 is 1. The molecule has 2 amide bonds. The lowest BCUT2D eigenvalue weighted by Crippen LogP contribution is -2.44. The van der Waals surface area contributed by atoms with Gasteiger partial charge < -0.3 is 34.9 Å². The molecule has 14 heteroatoms. The number of anilines is 1. The van der Waals surface area contributed by atoms with Crippen LogP contribution in [-0.2, 0) is 20.8 Å². The Kier molecular flexibility index (Phi) is 9.82. The van der Waals surface area contributed by atoms with Gasteiger partial charge in [-0.1, -0.05) is 0 Å². The van der Waals surface area contributed by atoms with Gasteiger partial charge in [0.2, 0.25) is 0 Å². The number of hydrogen-bond donors (Lipinski definition) is 3. The minimum atomic E-state index is -1.25. The van der Waals surface area contributed by atoms with E-state index in [0.29, 0.717) is 17.1 Å². The van der Waals surface area contributed by atoms with Gasteiger partial charge in [0.15, 0.2) is 11.7 Å². The number of benzene rings is 1. The quantitative estimate of drug-likeness (QED) is 0.233. The fraction of sp³-hybridized carbons (Fsp3) is 0.423. The number of ether oxygens (including phenoxy) is 3. The molecule has 0 fully saturated rings. The molecule has 2 heterocycles. The van der Waals surface area contributed by atoms with E-state index in [0.717, 1.165) is 7.11 Å². The van der Waals surface area contributed by atoms with Crippen molar-refractivity contribution in [1.29, 1.82) is 0 Å². The first kappa shape index (κ1) is 30.1. The van der Waals surface area contributed by atoms with Gasteiger partial charge in [-0.25, -0.2) is 23.5 Å². The van der Waals surface area contributed by atoms with Crippen LogP contribution in [-0.4, -0.2) is 83.2 Å². The standard InChI is InChI=1S/C26H33FN6O7/c1-26(2,3)40-25(37)28-9-11-39-20-7-6-17(27)12-16(20)14-32(4)21-8-10-33-22(31-21)18(13-29-33)23(35)30-19(15-34)24(36)38-5/h6-8,10,12-13,19,34H,9,11,14-15H2,1-5H3,(H,28,37)(H,30,35). The number of carbonyl (C=O) groups is 3. The van der Waals surface area contributed by atoms with Crippen LogP contribution in [0.4, 0.5) is 15.0 Å². The molecule has 1 atom stereocenters. The van der Waals surface area contributed by atoms with Crippen molar-refractivity contribution >= 4 is 29.4 Å². The maximum Gasteiger partial charge on any atom is 0.407 e. The molecule has 3 aromatic rings. The van der Waals surface area contributed by atoms with Crippen LogP contribution >= 0.6 is 0 Å². The van der Waals surface area contributed by atoms with Crippen molar-refractivity contribution in [3.63, 3.8) is 0 Å². The van der Waals surface area contributed by atoms with E-state index in [4.69, 9.17) is 9.47 Å². The first-order chi connectivity index (χ1) is 18.9. The summed E-state index contributed by atoms with van der Waals surface area (Å²) in [4.78, 5) is 42.6. The Morgan fingerprint density at radius 1 is 1.23 bits per heavy atom. The van der Waals surface area contributed by atoms with E-state index in [2.05, 4.69) is 25.5 Å². The Bertz CT molecular complexity index is 1360. The molecular formula is C26H33FN6O7. The topological polar surface area (TPSA) is 157 Å². The molecule has 0 aliphatic rings. The molecule has 2 aromatic heterocycles. The molecule has 1 aromatic carbocycles. The summed E-state index contributed by atoms with van der Waals surface area (Å²) in [7, 11) is 2.87. The van der Waals surface area contributed by atoms with Crippen molar-refractivity contribution in [2.24, 2.45) is 0 Å². The summed E-state index contributed by atoms with van der Waals surface area (Å²) >= 11 is 0. The normalized spacial score (nSPS) is 12.0. The third-order valence-electron chi connectivity index (χ3n) is 5.42. The monoisotopic (exact) mass is 560 g/mol. The number of hydrogen-bond acceptors (Lipinski definition) is 10. The van der Waals surface area contributed by atoms with Crippen LogP contribution in [0.25, 0.3) is 5.65 Å². The lowest BCUT2D eigenvalue weighted by atomic mass is 10.2. The summed E-state index contributed by atoms with van der Waals surface area (Å²) in [6.45, 7) is 5.14. The number of nitrogens with zero attached hydrogens (tertiary/aromatic N) is 4. The van der Waals surface area contributed by atoms with E-state index in [1.165, 1.54) is 28.9 Å². The Balaban J connectivity index is 1.71. The molecule has 0 bridgehead atoms. The third kappa shape index (κ3) is 8.02. The van der Waals surface area contributed by atoms with Crippen LogP contribution in [0.5, 0.6) is 5.75 Å². The van der Waals surface area contributed by atoms with Crippen molar-refractivity contribution in [3.8, 4) is 5.75 Å².